The van der Waals surface area contributed by atoms with Crippen LogP contribution in [-0.4, -0.2) is 27.9 Å². The highest BCUT2D eigenvalue weighted by Crippen LogP contribution is 2.53. The quantitative estimate of drug-likeness (QED) is 0.111. The Morgan fingerprint density at radius 3 is 1.25 bits per heavy atom. The Balaban J connectivity index is 0.992. The Kier molecular flexibility index (Phi) is 11.8. The van der Waals surface area contributed by atoms with E-state index in [2.05, 4.69) is 213 Å². The van der Waals surface area contributed by atoms with Crippen molar-refractivity contribution in [1.82, 2.24) is 9.13 Å². The minimum absolute atomic E-state index is 0.00418. The minimum Gasteiger partial charge on any atom is -0.334 e. The van der Waals surface area contributed by atoms with Gasteiger partial charge in [0.15, 0.2) is 0 Å². The zero-order valence-corrected chi connectivity index (χ0v) is 48.5. The van der Waals surface area contributed by atoms with Crippen molar-refractivity contribution in [2.24, 2.45) is 23.7 Å². The second-order valence-corrected chi connectivity index (χ2v) is 26.0. The van der Waals surface area contributed by atoms with Crippen LogP contribution in [-0.2, 0) is 0 Å². The molecule has 4 nitrogen and oxygen atoms in total. The van der Waals surface area contributed by atoms with E-state index in [1.165, 1.54) is 97.1 Å². The Hall–Kier alpha value is -7.76. The highest BCUT2D eigenvalue weighted by Gasteiger charge is 2.50. The van der Waals surface area contributed by atoms with Crippen LogP contribution < -0.4 is 26.2 Å². The van der Waals surface area contributed by atoms with E-state index in [-0.39, 0.29) is 30.6 Å². The summed E-state index contributed by atoms with van der Waals surface area (Å²) in [5.41, 5.74) is 22.2. The summed E-state index contributed by atoms with van der Waals surface area (Å²) in [4.78, 5) is 5.61. The van der Waals surface area contributed by atoms with E-state index in [0.717, 1.165) is 113 Å². The molecule has 0 saturated carbocycles. The lowest BCUT2D eigenvalue weighted by atomic mass is 9.33. The molecule has 0 N–H and O–H groups in total. The predicted octanol–water partition coefficient (Wildman–Crippen LogP) is 18.7. The topological polar surface area (TPSA) is 16.3 Å². The van der Waals surface area contributed by atoms with E-state index in [9.17, 15) is 4.11 Å². The molecule has 4 heterocycles. The third-order valence-corrected chi connectivity index (χ3v) is 21.6. The van der Waals surface area contributed by atoms with Crippen molar-refractivity contribution in [3.05, 3.63) is 222 Å². The Labute approximate surface area is 501 Å². The maximum absolute atomic E-state index is 9.74. The maximum Gasteiger partial charge on any atom is 0.252 e. The van der Waals surface area contributed by atoms with E-state index in [1.807, 2.05) is 0 Å². The summed E-state index contributed by atoms with van der Waals surface area (Å²) in [5.74, 6) is 1.35. The molecular weight excluding hydrogens is 1020 g/mol. The van der Waals surface area contributed by atoms with Crippen LogP contribution in [0.2, 0.25) is 0 Å². The summed E-state index contributed by atoms with van der Waals surface area (Å²) < 4.78 is 34.2. The van der Waals surface area contributed by atoms with E-state index < -0.39 is 6.85 Å². The largest absolute Gasteiger partial charge is 0.334 e. The van der Waals surface area contributed by atoms with Gasteiger partial charge >= 0.3 is 0 Å². The lowest BCUT2D eigenvalue weighted by molar-refractivity contribution is 0.391. The first kappa shape index (κ1) is 47.6. The van der Waals surface area contributed by atoms with Gasteiger partial charge in [-0.05, 0) is 228 Å². The fourth-order valence-electron chi connectivity index (χ4n) is 18.0. The maximum atomic E-state index is 9.74. The number of fused-ring (bicyclic) bond motifs is 10. The van der Waals surface area contributed by atoms with Gasteiger partial charge in [0.05, 0.1) is 34.2 Å². The van der Waals surface area contributed by atoms with Crippen molar-refractivity contribution in [2.45, 2.75) is 135 Å². The molecule has 416 valence electrons. The molecule has 7 aromatic carbocycles. The van der Waals surface area contributed by atoms with Gasteiger partial charge in [-0.25, -0.2) is 0 Å². The Bertz CT molecular complexity index is 4070. The predicted molar refractivity (Wildman–Crippen MR) is 357 cm³/mol. The van der Waals surface area contributed by atoms with E-state index in [1.54, 1.807) is 22.3 Å². The summed E-state index contributed by atoms with van der Waals surface area (Å²) in [6.07, 6.45) is 40.4. The molecule has 6 unspecified atom stereocenters. The molecule has 0 spiro atoms. The van der Waals surface area contributed by atoms with Gasteiger partial charge in [0, 0.05) is 71.6 Å². The average molecular weight is 1100 g/mol. The highest BCUT2D eigenvalue weighted by molar-refractivity contribution is 7.00. The molecule has 0 amide bonds. The number of aromatic nitrogens is 2. The molecule has 17 rings (SSSR count). The average Bonchev–Trinajstić information content (AvgIpc) is 1.26. The number of benzene rings is 7. The summed E-state index contributed by atoms with van der Waals surface area (Å²) in [6.45, 7) is -2.57. The van der Waals surface area contributed by atoms with Crippen LogP contribution in [0.15, 0.2) is 216 Å². The van der Waals surface area contributed by atoms with Crippen molar-refractivity contribution in [1.29, 1.82) is 0 Å². The van der Waals surface area contributed by atoms with Crippen LogP contribution in [0, 0.1) is 30.5 Å². The fraction of sp³-hybridized carbons (Fsp3) is 0.316. The van der Waals surface area contributed by atoms with Crippen LogP contribution in [0.3, 0.4) is 0 Å². The number of nitrogens with zero attached hydrogens (tertiary/aromatic N) is 4. The van der Waals surface area contributed by atoms with Gasteiger partial charge in [-0.1, -0.05) is 145 Å². The van der Waals surface area contributed by atoms with Gasteiger partial charge in [-0.3, -0.25) is 0 Å². The minimum atomic E-state index is -2.38. The molecule has 0 radical (unpaired) electrons. The van der Waals surface area contributed by atoms with E-state index in [0.29, 0.717) is 17.4 Å². The standard InChI is InChI=1S/C79H77BN4/c1-52-48-75-77-76(49-52)84(79-61(55-28-10-4-11-29-55)38-23-39-62(79)56-30-12-5-13-31-56)74-51-58(82-71-42-20-16-34-65(71)66-35-17-21-43-72(66)82)45-47-68(74)80(77)67-46-44-57(81-69-40-18-14-32-63(69)64-33-15-19-41-70(64)81)50-73(67)83(75)78-59(53-24-6-2-7-25-53)36-22-37-60(78)54-26-8-3-9-27-54/h2,4,6,10,14-21,26,30,32-36,38,40-51,53,55,60,62,78-79H,3,5,7-9,11-13,22-25,27-29,31,37,39H2,1H3/i1D3. The first-order valence-electron chi connectivity index (χ1n) is 34.0. The Morgan fingerprint density at radius 1 is 0.417 bits per heavy atom. The highest BCUT2D eigenvalue weighted by atomic mass is 15.2. The third kappa shape index (κ3) is 8.06. The van der Waals surface area contributed by atoms with Crippen LogP contribution in [0.25, 0.3) is 55.0 Å². The second kappa shape index (κ2) is 20.8. The monoisotopic (exact) mass is 1100 g/mol. The third-order valence-electron chi connectivity index (χ3n) is 21.6. The molecule has 0 saturated heterocycles. The van der Waals surface area contributed by atoms with Gasteiger partial charge in [-0.2, -0.15) is 0 Å². The molecule has 2 aromatic heterocycles. The molecule has 0 fully saturated rings. The molecule has 5 heteroatoms. The molecular formula is C79H77BN4. The van der Waals surface area contributed by atoms with Gasteiger partial charge in [-0.15, -0.1) is 0 Å². The molecule has 6 atom stereocenters. The van der Waals surface area contributed by atoms with Gasteiger partial charge < -0.3 is 18.9 Å². The summed E-state index contributed by atoms with van der Waals surface area (Å²) >= 11 is 0. The number of allylic oxidation sites excluding steroid dienone is 8. The van der Waals surface area contributed by atoms with Crippen LogP contribution in [0.4, 0.5) is 22.7 Å². The Morgan fingerprint density at radius 2 is 0.857 bits per heavy atom. The number of hydrogen-bond acceptors (Lipinski definition) is 2. The van der Waals surface area contributed by atoms with Gasteiger partial charge in [0.2, 0.25) is 0 Å². The van der Waals surface area contributed by atoms with Crippen LogP contribution in [0.5, 0.6) is 0 Å². The van der Waals surface area contributed by atoms with Crippen LogP contribution >= 0.6 is 0 Å². The fourth-order valence-corrected chi connectivity index (χ4v) is 18.0. The molecule has 84 heavy (non-hydrogen) atoms. The molecule has 8 aliphatic rings. The second-order valence-electron chi connectivity index (χ2n) is 26.0. The normalized spacial score (nSPS) is 24.7. The number of aryl methyl sites for hydroxylation is 1. The number of para-hydroxylation sites is 4. The SMILES string of the molecule is [2H]C([2H])([2H])c1cc2c3c(c1)N(C1C(C4CC=CCC4)=CCCC1C1=CCCCC1)c1cc(-n4c5ccccc5c5ccccc54)ccc1B3c1ccc(-n3c4ccccc4c4ccccc43)cc1N2C1C(C2CC=CCC2)=CCCC1C1=CCCCC1. The van der Waals surface area contributed by atoms with Crippen molar-refractivity contribution in [2.75, 3.05) is 9.80 Å². The van der Waals surface area contributed by atoms with E-state index >= 15 is 0 Å². The summed E-state index contributed by atoms with van der Waals surface area (Å²) in [6, 6.07) is 55.0. The molecule has 9 aromatic rings. The zero-order valence-electron chi connectivity index (χ0n) is 51.5. The number of anilines is 4. The zero-order chi connectivity index (χ0) is 57.9. The first-order chi connectivity index (χ1) is 42.9. The summed E-state index contributed by atoms with van der Waals surface area (Å²) in [7, 11) is 0. The smallest absolute Gasteiger partial charge is 0.252 e. The van der Waals surface area contributed by atoms with Gasteiger partial charge in [0.1, 0.15) is 0 Å². The number of rotatable bonds is 8. The lowest BCUT2D eigenvalue weighted by Gasteiger charge is -2.53. The molecule has 2 aliphatic heterocycles. The van der Waals surface area contributed by atoms with Crippen molar-refractivity contribution in [3.63, 3.8) is 0 Å². The van der Waals surface area contributed by atoms with Crippen LogP contribution in [0.1, 0.15) is 125 Å². The molecule has 0 bridgehead atoms. The van der Waals surface area contributed by atoms with Crippen molar-refractivity contribution in [3.8, 4) is 11.4 Å². The van der Waals surface area contributed by atoms with E-state index in [4.69, 9.17) is 0 Å². The summed E-state index contributed by atoms with van der Waals surface area (Å²) in [5, 5.41) is 4.98. The van der Waals surface area contributed by atoms with Gasteiger partial charge in [0.25, 0.3) is 6.71 Å². The first-order valence-corrected chi connectivity index (χ1v) is 32.5. The number of hydrogen-bond donors (Lipinski definition) is 0. The lowest BCUT2D eigenvalue weighted by Crippen LogP contribution is -2.65. The van der Waals surface area contributed by atoms with Crippen molar-refractivity contribution < 1.29 is 4.11 Å². The molecule has 6 aliphatic carbocycles. The van der Waals surface area contributed by atoms with Crippen molar-refractivity contribution >= 4 is 89.5 Å².